The summed E-state index contributed by atoms with van der Waals surface area (Å²) in [4.78, 5) is 13.6. The first-order valence-electron chi connectivity index (χ1n) is 8.33. The van der Waals surface area contributed by atoms with Gasteiger partial charge in [-0.15, -0.1) is 11.3 Å². The molecule has 23 heavy (non-hydrogen) atoms. The molecule has 0 saturated carbocycles. The molecule has 0 spiro atoms. The van der Waals surface area contributed by atoms with E-state index >= 15 is 0 Å². The topological polar surface area (TPSA) is 62.1 Å². The van der Waals surface area contributed by atoms with Gasteiger partial charge in [0, 0.05) is 11.5 Å². The number of anilines is 1. The van der Waals surface area contributed by atoms with E-state index in [-0.39, 0.29) is 17.2 Å². The maximum Gasteiger partial charge on any atom is 0.230 e. The van der Waals surface area contributed by atoms with Crippen LogP contribution in [-0.4, -0.2) is 19.1 Å². The van der Waals surface area contributed by atoms with E-state index in [2.05, 4.69) is 32.2 Å². The van der Waals surface area contributed by atoms with E-state index in [9.17, 15) is 10.1 Å². The lowest BCUT2D eigenvalue weighted by atomic mass is 9.72. The van der Waals surface area contributed by atoms with E-state index in [1.807, 2.05) is 0 Å². The predicted molar refractivity (Wildman–Crippen MR) is 91.6 cm³/mol. The SMILES string of the molecule is CC(C)(C)C1CCc2c(sc(NC(=O)C3CCOC3)c2C#N)C1. The van der Waals surface area contributed by atoms with Crippen LogP contribution < -0.4 is 5.32 Å². The van der Waals surface area contributed by atoms with Gasteiger partial charge in [0.25, 0.3) is 0 Å². The molecular weight excluding hydrogens is 308 g/mol. The van der Waals surface area contributed by atoms with Crippen molar-refractivity contribution in [2.24, 2.45) is 17.3 Å². The quantitative estimate of drug-likeness (QED) is 0.897. The minimum absolute atomic E-state index is 0.00929. The zero-order valence-corrected chi connectivity index (χ0v) is 14.9. The van der Waals surface area contributed by atoms with Gasteiger partial charge >= 0.3 is 0 Å². The van der Waals surface area contributed by atoms with E-state index in [0.29, 0.717) is 24.7 Å². The second kappa shape index (κ2) is 6.26. The van der Waals surface area contributed by atoms with Crippen molar-refractivity contribution in [3.63, 3.8) is 0 Å². The summed E-state index contributed by atoms with van der Waals surface area (Å²) in [6.45, 7) is 7.99. The summed E-state index contributed by atoms with van der Waals surface area (Å²) in [6.07, 6.45) is 3.84. The van der Waals surface area contributed by atoms with Crippen LogP contribution >= 0.6 is 11.3 Å². The van der Waals surface area contributed by atoms with E-state index in [4.69, 9.17) is 4.74 Å². The van der Waals surface area contributed by atoms with Crippen LogP contribution in [0.2, 0.25) is 0 Å². The molecule has 1 amide bonds. The summed E-state index contributed by atoms with van der Waals surface area (Å²) in [5.74, 6) is 0.542. The number of nitrogens with zero attached hydrogens (tertiary/aromatic N) is 1. The highest BCUT2D eigenvalue weighted by molar-refractivity contribution is 7.16. The van der Waals surface area contributed by atoms with Crippen molar-refractivity contribution in [2.75, 3.05) is 18.5 Å². The van der Waals surface area contributed by atoms with Gasteiger partial charge in [0.1, 0.15) is 11.1 Å². The molecule has 1 saturated heterocycles. The van der Waals surface area contributed by atoms with Crippen LogP contribution in [0, 0.1) is 28.6 Å². The molecule has 2 atom stereocenters. The summed E-state index contributed by atoms with van der Waals surface area (Å²) < 4.78 is 5.28. The van der Waals surface area contributed by atoms with E-state index in [1.54, 1.807) is 11.3 Å². The van der Waals surface area contributed by atoms with Gasteiger partial charge in [0.05, 0.1) is 18.1 Å². The molecule has 4 nitrogen and oxygen atoms in total. The Kier molecular flexibility index (Phi) is 4.48. The Balaban J connectivity index is 1.82. The average molecular weight is 332 g/mol. The molecule has 0 radical (unpaired) electrons. The number of hydrogen-bond acceptors (Lipinski definition) is 4. The minimum atomic E-state index is -0.0806. The Bertz CT molecular complexity index is 645. The van der Waals surface area contributed by atoms with Crippen molar-refractivity contribution in [3.8, 4) is 6.07 Å². The zero-order valence-electron chi connectivity index (χ0n) is 14.1. The first-order valence-corrected chi connectivity index (χ1v) is 9.15. The number of carbonyl (C=O) groups is 1. The third-order valence-electron chi connectivity index (χ3n) is 5.14. The van der Waals surface area contributed by atoms with Crippen LogP contribution in [0.15, 0.2) is 0 Å². The summed E-state index contributed by atoms with van der Waals surface area (Å²) in [5.41, 5.74) is 2.12. The van der Waals surface area contributed by atoms with E-state index in [1.165, 1.54) is 4.88 Å². The highest BCUT2D eigenvalue weighted by Crippen LogP contribution is 2.44. The molecule has 2 unspecified atom stereocenters. The van der Waals surface area contributed by atoms with E-state index in [0.717, 1.165) is 36.2 Å². The Hall–Kier alpha value is -1.38. The number of fused-ring (bicyclic) bond motifs is 1. The molecule has 1 aromatic rings. The molecule has 0 bridgehead atoms. The fourth-order valence-corrected chi connectivity index (χ4v) is 4.77. The molecule has 124 valence electrons. The third-order valence-corrected chi connectivity index (χ3v) is 6.31. The molecule has 1 N–H and O–H groups in total. The molecule has 1 aliphatic heterocycles. The molecule has 1 fully saturated rings. The number of hydrogen-bond donors (Lipinski definition) is 1. The van der Waals surface area contributed by atoms with Crippen LogP contribution in [-0.2, 0) is 22.4 Å². The molecule has 1 aliphatic carbocycles. The number of amides is 1. The van der Waals surface area contributed by atoms with Gasteiger partial charge in [-0.3, -0.25) is 4.79 Å². The number of ether oxygens (including phenoxy) is 1. The van der Waals surface area contributed by atoms with Crippen LogP contribution in [0.3, 0.4) is 0 Å². The maximum absolute atomic E-state index is 12.3. The highest BCUT2D eigenvalue weighted by Gasteiger charge is 2.33. The first kappa shape index (κ1) is 16.5. The smallest absolute Gasteiger partial charge is 0.230 e. The van der Waals surface area contributed by atoms with Crippen LogP contribution in [0.4, 0.5) is 5.00 Å². The number of carbonyl (C=O) groups excluding carboxylic acids is 1. The predicted octanol–water partition coefficient (Wildman–Crippen LogP) is 3.75. The van der Waals surface area contributed by atoms with E-state index < -0.39 is 0 Å². The molecule has 2 aliphatic rings. The number of nitriles is 1. The van der Waals surface area contributed by atoms with Gasteiger partial charge < -0.3 is 10.1 Å². The second-order valence-corrected chi connectivity index (χ2v) is 8.78. The lowest BCUT2D eigenvalue weighted by Gasteiger charge is -2.33. The van der Waals surface area contributed by atoms with Crippen molar-refractivity contribution < 1.29 is 9.53 Å². The third kappa shape index (κ3) is 3.29. The van der Waals surface area contributed by atoms with Crippen molar-refractivity contribution in [1.29, 1.82) is 5.26 Å². The summed E-state index contributed by atoms with van der Waals surface area (Å²) in [5, 5.41) is 13.3. The average Bonchev–Trinajstić information content (AvgIpc) is 3.12. The van der Waals surface area contributed by atoms with Crippen LogP contribution in [0.1, 0.15) is 49.6 Å². The summed E-state index contributed by atoms with van der Waals surface area (Å²) in [6, 6.07) is 2.32. The zero-order chi connectivity index (χ0) is 16.6. The molecular formula is C18H24N2O2S. The van der Waals surface area contributed by atoms with Crippen LogP contribution in [0.5, 0.6) is 0 Å². The Morgan fingerprint density at radius 2 is 2.17 bits per heavy atom. The molecule has 5 heteroatoms. The van der Waals surface area contributed by atoms with Gasteiger partial charge in [0.2, 0.25) is 5.91 Å². The lowest BCUT2D eigenvalue weighted by molar-refractivity contribution is -0.119. The molecule has 3 rings (SSSR count). The monoisotopic (exact) mass is 332 g/mol. The largest absolute Gasteiger partial charge is 0.381 e. The fourth-order valence-electron chi connectivity index (χ4n) is 3.49. The highest BCUT2D eigenvalue weighted by atomic mass is 32.1. The van der Waals surface area contributed by atoms with Gasteiger partial charge in [-0.1, -0.05) is 20.8 Å². The Morgan fingerprint density at radius 3 is 2.78 bits per heavy atom. The second-order valence-electron chi connectivity index (χ2n) is 7.68. The summed E-state index contributed by atoms with van der Waals surface area (Å²) in [7, 11) is 0. The van der Waals surface area contributed by atoms with Crippen LogP contribution in [0.25, 0.3) is 0 Å². The molecule has 2 heterocycles. The van der Waals surface area contributed by atoms with Gasteiger partial charge in [-0.2, -0.15) is 5.26 Å². The minimum Gasteiger partial charge on any atom is -0.381 e. The normalized spacial score (nSPS) is 24.1. The van der Waals surface area contributed by atoms with Crippen molar-refractivity contribution in [2.45, 2.75) is 46.5 Å². The number of thiophene rings is 1. The van der Waals surface area contributed by atoms with Crippen molar-refractivity contribution in [3.05, 3.63) is 16.0 Å². The van der Waals surface area contributed by atoms with Gasteiger partial charge in [0.15, 0.2) is 0 Å². The lowest BCUT2D eigenvalue weighted by Crippen LogP contribution is -2.26. The van der Waals surface area contributed by atoms with Gasteiger partial charge in [-0.05, 0) is 42.6 Å². The fraction of sp³-hybridized carbons (Fsp3) is 0.667. The Labute approximate surface area is 141 Å². The maximum atomic E-state index is 12.3. The number of rotatable bonds is 2. The molecule has 1 aromatic heterocycles. The number of nitrogens with one attached hydrogen (secondary N) is 1. The van der Waals surface area contributed by atoms with Crippen molar-refractivity contribution in [1.82, 2.24) is 0 Å². The standard InChI is InChI=1S/C18H24N2O2S/c1-18(2,3)12-4-5-13-14(9-19)17(23-15(13)8-12)20-16(21)11-6-7-22-10-11/h11-12H,4-8,10H2,1-3H3,(H,20,21). The first-order chi connectivity index (χ1) is 10.9. The van der Waals surface area contributed by atoms with Crippen molar-refractivity contribution >= 4 is 22.2 Å². The molecule has 0 aromatic carbocycles. The summed E-state index contributed by atoms with van der Waals surface area (Å²) >= 11 is 1.60. The van der Waals surface area contributed by atoms with Gasteiger partial charge in [-0.25, -0.2) is 0 Å². The Morgan fingerprint density at radius 1 is 1.39 bits per heavy atom.